The number of aromatic nitrogens is 2. The first-order chi connectivity index (χ1) is 18.6. The van der Waals surface area contributed by atoms with E-state index < -0.39 is 28.3 Å². The maximum absolute atomic E-state index is 13.6. The summed E-state index contributed by atoms with van der Waals surface area (Å²) in [5, 5.41) is 0. The van der Waals surface area contributed by atoms with Gasteiger partial charge in [-0.15, -0.1) is 0 Å². The molecule has 2 aromatic carbocycles. The zero-order chi connectivity index (χ0) is 29.2. The van der Waals surface area contributed by atoms with Gasteiger partial charge in [-0.3, -0.25) is 4.98 Å². The van der Waals surface area contributed by atoms with Crippen LogP contribution in [0.1, 0.15) is 81.0 Å². The average molecular weight is 559 g/mol. The lowest BCUT2D eigenvalue weighted by Crippen LogP contribution is -2.41. The summed E-state index contributed by atoms with van der Waals surface area (Å²) >= 11 is 0. The summed E-state index contributed by atoms with van der Waals surface area (Å²) in [5.41, 5.74) is 7.87. The minimum absolute atomic E-state index is 0.113. The molecule has 5 rings (SSSR count). The zero-order valence-electron chi connectivity index (χ0n) is 25.0. The molecular weight excluding hydrogens is 519 g/mol. The third kappa shape index (κ3) is 4.91. The molecule has 0 aliphatic carbocycles. The highest BCUT2D eigenvalue weighted by Gasteiger charge is 2.51. The maximum Gasteiger partial charge on any atom is 0.494 e. The molecule has 3 heterocycles. The lowest BCUT2D eigenvalue weighted by molar-refractivity contribution is 0.00578. The Bertz CT molecular complexity index is 1660. The molecule has 210 valence electrons. The van der Waals surface area contributed by atoms with E-state index in [1.54, 1.807) is 18.3 Å². The fourth-order valence-corrected chi connectivity index (χ4v) is 6.65. The van der Waals surface area contributed by atoms with Crippen LogP contribution in [0.4, 0.5) is 0 Å². The number of hydrogen-bond donors (Lipinski definition) is 0. The molecule has 0 spiro atoms. The quantitative estimate of drug-likeness (QED) is 0.263. The number of rotatable bonds is 6. The van der Waals surface area contributed by atoms with Crippen molar-refractivity contribution >= 4 is 33.6 Å². The topological polar surface area (TPSA) is 70.4 Å². The van der Waals surface area contributed by atoms with Gasteiger partial charge < -0.3 is 9.31 Å². The number of hydrogen-bond acceptors (Lipinski definition) is 5. The lowest BCUT2D eigenvalue weighted by Gasteiger charge is -2.32. The van der Waals surface area contributed by atoms with Crippen LogP contribution in [0.2, 0.25) is 0 Å². The molecule has 0 N–H and O–H groups in total. The molecule has 0 amide bonds. The van der Waals surface area contributed by atoms with Gasteiger partial charge in [-0.05, 0) is 106 Å². The smallest absolute Gasteiger partial charge is 0.399 e. The van der Waals surface area contributed by atoms with E-state index in [1.165, 1.54) is 9.54 Å². The molecule has 4 aromatic rings. The Hall–Kier alpha value is -2.94. The highest BCUT2D eigenvalue weighted by atomic mass is 32.2. The van der Waals surface area contributed by atoms with E-state index in [-0.39, 0.29) is 10.8 Å². The van der Waals surface area contributed by atoms with Crippen LogP contribution in [0.25, 0.3) is 11.0 Å². The van der Waals surface area contributed by atoms with Gasteiger partial charge in [-0.25, -0.2) is 12.4 Å². The van der Waals surface area contributed by atoms with E-state index >= 15 is 0 Å². The van der Waals surface area contributed by atoms with Crippen LogP contribution in [0.15, 0.2) is 59.6 Å². The summed E-state index contributed by atoms with van der Waals surface area (Å²) in [4.78, 5) is 5.29. The predicted molar refractivity (Wildman–Crippen MR) is 162 cm³/mol. The number of fused-ring (bicyclic) bond motifs is 1. The second kappa shape index (κ2) is 9.86. The van der Waals surface area contributed by atoms with Crippen molar-refractivity contribution in [2.24, 2.45) is 0 Å². The Kier molecular flexibility index (Phi) is 7.05. The van der Waals surface area contributed by atoms with Crippen molar-refractivity contribution in [1.29, 1.82) is 0 Å². The molecule has 1 fully saturated rings. The number of aryl methyl sites for hydroxylation is 3. The Labute approximate surface area is 238 Å². The molecule has 1 aliphatic rings. The van der Waals surface area contributed by atoms with Crippen LogP contribution < -0.4 is 5.46 Å². The first kappa shape index (κ1) is 28.6. The Morgan fingerprint density at radius 1 is 0.900 bits per heavy atom. The van der Waals surface area contributed by atoms with Crippen molar-refractivity contribution in [3.63, 3.8) is 0 Å². The van der Waals surface area contributed by atoms with Crippen molar-refractivity contribution in [1.82, 2.24) is 8.96 Å². The Morgan fingerprint density at radius 2 is 1.48 bits per heavy atom. The molecule has 2 aromatic heterocycles. The van der Waals surface area contributed by atoms with E-state index in [9.17, 15) is 8.42 Å². The minimum atomic E-state index is -3.76. The average Bonchev–Trinajstić information content (AvgIpc) is 3.35. The predicted octanol–water partition coefficient (Wildman–Crippen LogP) is 6.21. The van der Waals surface area contributed by atoms with Crippen LogP contribution in [-0.4, -0.2) is 35.7 Å². The first-order valence-electron chi connectivity index (χ1n) is 13.9. The summed E-state index contributed by atoms with van der Waals surface area (Å²) in [6.45, 7) is 18.5. The summed E-state index contributed by atoms with van der Waals surface area (Å²) in [6.07, 6.45) is 2.38. The fraction of sp³-hybridized carbons (Fsp3) is 0.406. The highest BCUT2D eigenvalue weighted by molar-refractivity contribution is 7.90. The van der Waals surface area contributed by atoms with Gasteiger partial charge in [0.05, 0.1) is 27.1 Å². The molecule has 0 unspecified atom stereocenters. The summed E-state index contributed by atoms with van der Waals surface area (Å²) in [7, 11) is -4.16. The molecule has 0 radical (unpaired) electrons. The Balaban J connectivity index is 1.50. The number of nitrogens with zero attached hydrogens (tertiary/aromatic N) is 2. The van der Waals surface area contributed by atoms with Crippen LogP contribution in [-0.2, 0) is 25.8 Å². The van der Waals surface area contributed by atoms with E-state index in [1.807, 2.05) is 31.2 Å². The van der Waals surface area contributed by atoms with Gasteiger partial charge in [0.1, 0.15) is 0 Å². The standard InChI is InChI=1S/C32H39BN2O4S/c1-20(2)28-19-35(40(36,37)26-13-10-21(3)11-14-26)29-15-12-25(34-30(28)29)18-27-22(4)16-24(17-23(27)5)33-38-31(6,7)32(8,9)39-33/h10-17,19-20H,18H2,1-9H3. The third-order valence-electron chi connectivity index (χ3n) is 8.50. The molecule has 8 heteroatoms. The highest BCUT2D eigenvalue weighted by Crippen LogP contribution is 2.37. The minimum Gasteiger partial charge on any atom is -0.399 e. The normalized spacial score (nSPS) is 16.8. The van der Waals surface area contributed by atoms with E-state index in [4.69, 9.17) is 14.3 Å². The van der Waals surface area contributed by atoms with Gasteiger partial charge in [0.15, 0.2) is 0 Å². The summed E-state index contributed by atoms with van der Waals surface area (Å²) in [6, 6.07) is 15.1. The molecule has 0 bridgehead atoms. The summed E-state index contributed by atoms with van der Waals surface area (Å²) < 4.78 is 41.1. The van der Waals surface area contributed by atoms with Gasteiger partial charge >= 0.3 is 7.12 Å². The lowest BCUT2D eigenvalue weighted by atomic mass is 9.76. The molecule has 6 nitrogen and oxygen atoms in total. The largest absolute Gasteiger partial charge is 0.494 e. The van der Waals surface area contributed by atoms with Gasteiger partial charge in [-0.2, -0.15) is 0 Å². The monoisotopic (exact) mass is 558 g/mol. The van der Waals surface area contributed by atoms with E-state index in [2.05, 4.69) is 67.5 Å². The van der Waals surface area contributed by atoms with Crippen molar-refractivity contribution in [2.45, 2.75) is 90.7 Å². The van der Waals surface area contributed by atoms with Gasteiger partial charge in [-0.1, -0.05) is 43.7 Å². The fourth-order valence-electron chi connectivity index (χ4n) is 5.29. The van der Waals surface area contributed by atoms with Crippen LogP contribution >= 0.6 is 0 Å². The Morgan fingerprint density at radius 3 is 2.02 bits per heavy atom. The van der Waals surface area contributed by atoms with Gasteiger partial charge in [0.2, 0.25) is 0 Å². The molecule has 0 saturated carbocycles. The molecule has 0 atom stereocenters. The first-order valence-corrected chi connectivity index (χ1v) is 15.3. The number of benzene rings is 2. The van der Waals surface area contributed by atoms with Gasteiger partial charge in [0, 0.05) is 18.3 Å². The molecule has 1 aliphatic heterocycles. The molecule has 1 saturated heterocycles. The van der Waals surface area contributed by atoms with Gasteiger partial charge in [0.25, 0.3) is 10.0 Å². The second-order valence-electron chi connectivity index (χ2n) is 12.4. The van der Waals surface area contributed by atoms with Crippen LogP contribution in [0, 0.1) is 20.8 Å². The van der Waals surface area contributed by atoms with E-state index in [0.29, 0.717) is 11.9 Å². The van der Waals surface area contributed by atoms with Crippen molar-refractivity contribution in [3.05, 3.63) is 88.2 Å². The molecular formula is C32H39BN2O4S. The second-order valence-corrected chi connectivity index (χ2v) is 14.2. The summed E-state index contributed by atoms with van der Waals surface area (Å²) in [5.74, 6) is 0.113. The zero-order valence-corrected chi connectivity index (χ0v) is 25.8. The van der Waals surface area contributed by atoms with Crippen molar-refractivity contribution in [2.75, 3.05) is 0 Å². The van der Waals surface area contributed by atoms with Crippen LogP contribution in [0.5, 0.6) is 0 Å². The number of pyridine rings is 1. The van der Waals surface area contributed by atoms with E-state index in [0.717, 1.165) is 38.9 Å². The van der Waals surface area contributed by atoms with Crippen molar-refractivity contribution < 1.29 is 17.7 Å². The van der Waals surface area contributed by atoms with Crippen LogP contribution in [0.3, 0.4) is 0 Å². The third-order valence-corrected chi connectivity index (χ3v) is 10.2. The SMILES string of the molecule is Cc1ccc(S(=O)(=O)n2cc(C(C)C)c3nc(Cc4c(C)cc(B5OC(C)(C)C(C)(C)O5)cc4C)ccc32)cc1. The molecule has 40 heavy (non-hydrogen) atoms. The van der Waals surface area contributed by atoms with Crippen molar-refractivity contribution in [3.8, 4) is 0 Å². The maximum atomic E-state index is 13.6.